The van der Waals surface area contributed by atoms with E-state index >= 15 is 0 Å². The lowest BCUT2D eigenvalue weighted by atomic mass is 9.43. The number of hydrogen-bond acceptors (Lipinski definition) is 8. The molecule has 0 unspecified atom stereocenters. The third-order valence-corrected chi connectivity index (χ3v) is 10.4. The lowest BCUT2D eigenvalue weighted by molar-refractivity contribution is -0.182. The van der Waals surface area contributed by atoms with Gasteiger partial charge in [-0.25, -0.2) is 0 Å². The smallest absolute Gasteiger partial charge is 0.312 e. The number of epoxide rings is 1. The van der Waals surface area contributed by atoms with Gasteiger partial charge in [0.1, 0.15) is 11.2 Å². The highest BCUT2D eigenvalue weighted by atomic mass is 16.6. The monoisotopic (exact) mass is 448 g/mol. The largest absolute Gasteiger partial charge is 0.469 e. The van der Waals surface area contributed by atoms with Crippen LogP contribution in [0, 0.1) is 28.6 Å². The number of carbonyl (C=O) groups excluding carboxylic acids is 2. The van der Waals surface area contributed by atoms with Crippen molar-refractivity contribution in [3.8, 4) is 0 Å². The molecule has 0 aromatic heterocycles. The maximum atomic E-state index is 13.1. The van der Waals surface area contributed by atoms with Gasteiger partial charge in [-0.3, -0.25) is 9.59 Å². The van der Waals surface area contributed by atoms with Crippen molar-refractivity contribution in [2.75, 3.05) is 7.11 Å². The fourth-order valence-electron chi connectivity index (χ4n) is 8.94. The van der Waals surface area contributed by atoms with Crippen molar-refractivity contribution in [3.05, 3.63) is 11.6 Å². The lowest BCUT2D eigenvalue weighted by Crippen LogP contribution is -2.67. The van der Waals surface area contributed by atoms with Gasteiger partial charge in [0.2, 0.25) is 0 Å². The first-order chi connectivity index (χ1) is 15.0. The molecule has 2 spiro atoms. The molecule has 8 heteroatoms. The molecular formula is C24H32O8. The van der Waals surface area contributed by atoms with E-state index in [1.807, 2.05) is 6.92 Å². The van der Waals surface area contributed by atoms with Gasteiger partial charge in [-0.2, -0.15) is 0 Å². The molecule has 4 aliphatic carbocycles. The van der Waals surface area contributed by atoms with Gasteiger partial charge in [-0.1, -0.05) is 19.9 Å². The van der Waals surface area contributed by atoms with Gasteiger partial charge in [0.05, 0.1) is 37.4 Å². The summed E-state index contributed by atoms with van der Waals surface area (Å²) in [6, 6.07) is 0. The van der Waals surface area contributed by atoms with Gasteiger partial charge in [0.15, 0.2) is 0 Å². The van der Waals surface area contributed by atoms with Crippen LogP contribution in [-0.4, -0.2) is 70.0 Å². The van der Waals surface area contributed by atoms with Gasteiger partial charge >= 0.3 is 11.9 Å². The molecule has 32 heavy (non-hydrogen) atoms. The Balaban J connectivity index is 1.52. The van der Waals surface area contributed by atoms with Crippen molar-refractivity contribution in [2.45, 2.75) is 88.0 Å². The van der Waals surface area contributed by atoms with Crippen LogP contribution in [0.4, 0.5) is 0 Å². The molecule has 5 fully saturated rings. The number of ether oxygens (including phenoxy) is 3. The van der Waals surface area contributed by atoms with E-state index in [1.165, 1.54) is 13.2 Å². The van der Waals surface area contributed by atoms with Crippen LogP contribution in [0.25, 0.3) is 0 Å². The van der Waals surface area contributed by atoms with Crippen molar-refractivity contribution < 1.29 is 39.1 Å². The van der Waals surface area contributed by atoms with E-state index in [1.54, 1.807) is 0 Å². The van der Waals surface area contributed by atoms with Crippen LogP contribution in [0.5, 0.6) is 0 Å². The lowest BCUT2D eigenvalue weighted by Gasteiger charge is -2.60. The van der Waals surface area contributed by atoms with Crippen LogP contribution in [0.3, 0.4) is 0 Å². The van der Waals surface area contributed by atoms with Gasteiger partial charge in [0.25, 0.3) is 0 Å². The number of fused-ring (bicyclic) bond motifs is 4. The van der Waals surface area contributed by atoms with Crippen LogP contribution in [0.1, 0.15) is 52.4 Å². The molecule has 3 saturated carbocycles. The number of methoxy groups -OCH3 is 1. The molecular weight excluding hydrogens is 416 g/mol. The van der Waals surface area contributed by atoms with Crippen molar-refractivity contribution in [1.29, 1.82) is 0 Å². The van der Waals surface area contributed by atoms with E-state index in [-0.39, 0.29) is 35.7 Å². The summed E-state index contributed by atoms with van der Waals surface area (Å²) in [5, 5.41) is 32.4. The van der Waals surface area contributed by atoms with Crippen molar-refractivity contribution in [3.63, 3.8) is 0 Å². The zero-order chi connectivity index (χ0) is 22.8. The highest BCUT2D eigenvalue weighted by Crippen LogP contribution is 2.78. The van der Waals surface area contributed by atoms with Crippen LogP contribution in [-0.2, 0) is 23.8 Å². The fraction of sp³-hybridized carbons (Fsp3) is 0.833. The molecule has 0 aromatic rings. The Kier molecular flexibility index (Phi) is 4.05. The molecule has 0 radical (unpaired) electrons. The van der Waals surface area contributed by atoms with Crippen LogP contribution >= 0.6 is 0 Å². The predicted octanol–water partition coefficient (Wildman–Crippen LogP) is 0.858. The molecule has 2 aliphatic heterocycles. The van der Waals surface area contributed by atoms with Crippen LogP contribution in [0.2, 0.25) is 0 Å². The predicted molar refractivity (Wildman–Crippen MR) is 109 cm³/mol. The molecule has 2 saturated heterocycles. The Morgan fingerprint density at radius 3 is 2.59 bits per heavy atom. The summed E-state index contributed by atoms with van der Waals surface area (Å²) in [6.45, 7) is 4.14. The summed E-state index contributed by atoms with van der Waals surface area (Å²) in [5.41, 5.74) is -1.80. The maximum absolute atomic E-state index is 13.1. The average Bonchev–Trinajstić information content (AvgIpc) is 3.24. The van der Waals surface area contributed by atoms with Gasteiger partial charge in [-0.15, -0.1) is 0 Å². The molecule has 6 aliphatic rings. The van der Waals surface area contributed by atoms with Crippen molar-refractivity contribution >= 4 is 11.9 Å². The molecule has 0 aromatic carbocycles. The number of rotatable bonds is 1. The minimum Gasteiger partial charge on any atom is -0.469 e. The van der Waals surface area contributed by atoms with E-state index < -0.39 is 46.8 Å². The second-order valence-electron chi connectivity index (χ2n) is 11.4. The summed E-state index contributed by atoms with van der Waals surface area (Å²) in [7, 11) is 1.32. The Morgan fingerprint density at radius 1 is 1.19 bits per heavy atom. The van der Waals surface area contributed by atoms with Gasteiger partial charge in [-0.05, 0) is 43.6 Å². The first-order valence-electron chi connectivity index (χ1n) is 11.8. The first-order valence-corrected chi connectivity index (χ1v) is 11.8. The van der Waals surface area contributed by atoms with Crippen LogP contribution in [0.15, 0.2) is 11.6 Å². The molecule has 8 nitrogen and oxygen atoms in total. The van der Waals surface area contributed by atoms with Gasteiger partial charge in [0, 0.05) is 23.2 Å². The number of hydrogen-bond donors (Lipinski definition) is 3. The number of esters is 2. The Labute approximate surface area is 186 Å². The zero-order valence-electron chi connectivity index (χ0n) is 18.7. The van der Waals surface area contributed by atoms with Gasteiger partial charge < -0.3 is 29.5 Å². The molecule has 11 atom stereocenters. The minimum atomic E-state index is -1.14. The first kappa shape index (κ1) is 21.1. The second kappa shape index (κ2) is 6.14. The molecule has 0 bridgehead atoms. The highest BCUT2D eigenvalue weighted by molar-refractivity contribution is 5.76. The minimum absolute atomic E-state index is 0.00623. The average molecular weight is 449 g/mol. The third-order valence-electron chi connectivity index (χ3n) is 10.4. The van der Waals surface area contributed by atoms with E-state index in [0.29, 0.717) is 24.8 Å². The van der Waals surface area contributed by atoms with E-state index in [4.69, 9.17) is 14.2 Å². The topological polar surface area (TPSA) is 126 Å². The van der Waals surface area contributed by atoms with E-state index in [2.05, 4.69) is 6.92 Å². The fourth-order valence-corrected chi connectivity index (χ4v) is 8.94. The maximum Gasteiger partial charge on any atom is 0.312 e. The second-order valence-corrected chi connectivity index (χ2v) is 11.4. The number of aliphatic hydroxyl groups is 3. The summed E-state index contributed by atoms with van der Waals surface area (Å²) < 4.78 is 17.7. The summed E-state index contributed by atoms with van der Waals surface area (Å²) in [5.74, 6) is -1.85. The van der Waals surface area contributed by atoms with Crippen molar-refractivity contribution in [1.82, 2.24) is 0 Å². The zero-order valence-corrected chi connectivity index (χ0v) is 18.7. The standard InChI is InChI=1S/C24H32O8/c1-21-10-15-24(31-15)18(11(21)4-6-23(21)7-5-16(27)32-23)17(20(29)30-3)19(28)12-8-13(25)14(26)9-22(12,24)2/h8,11,13-15,17-19,25-26,28H,4-7,9-10H2,1-3H3/t11-,13+,14+,15+,17-,18+,19-,21-,22-,23+,24+/m0/s1. The molecule has 2 heterocycles. The molecule has 3 N–H and O–H groups in total. The Bertz CT molecular complexity index is 931. The third kappa shape index (κ3) is 2.14. The van der Waals surface area contributed by atoms with E-state index in [0.717, 1.165) is 12.8 Å². The molecule has 176 valence electrons. The normalized spacial score (nSPS) is 57.6. The highest BCUT2D eigenvalue weighted by Gasteiger charge is 2.85. The Morgan fingerprint density at radius 2 is 1.94 bits per heavy atom. The SMILES string of the molecule is COC(=O)[C@H]1[C@H]2[C@@H]3CC[C@@]4(CCC(=O)O4)[C@@]3(C)C[C@H]3O[C@@]23[C@@]2(C)C[C@@H](O)[C@H](O)C=C2[C@@H]1O. The summed E-state index contributed by atoms with van der Waals surface area (Å²) >= 11 is 0. The summed E-state index contributed by atoms with van der Waals surface area (Å²) in [6.07, 6.45) is 1.67. The van der Waals surface area contributed by atoms with Crippen LogP contribution < -0.4 is 0 Å². The molecule has 6 rings (SSSR count). The quantitative estimate of drug-likeness (QED) is 0.306. The summed E-state index contributed by atoms with van der Waals surface area (Å²) in [4.78, 5) is 25.3. The number of carbonyl (C=O) groups is 2. The number of aliphatic hydroxyl groups excluding tert-OH is 3. The molecule has 0 amide bonds. The van der Waals surface area contributed by atoms with Crippen molar-refractivity contribution in [2.24, 2.45) is 28.6 Å². The van der Waals surface area contributed by atoms with E-state index in [9.17, 15) is 24.9 Å². The Hall–Kier alpha value is -1.48.